The molecule has 5 rings (SSSR count). The van der Waals surface area contributed by atoms with Gasteiger partial charge < -0.3 is 20.1 Å². The fourth-order valence-electron chi connectivity index (χ4n) is 5.54. The molecule has 2 aliphatic rings. The van der Waals surface area contributed by atoms with E-state index in [1.165, 1.54) is 12.1 Å². The monoisotopic (exact) mass is 526 g/mol. The number of carbonyl (C=O) groups is 2. The van der Waals surface area contributed by atoms with E-state index in [1.807, 2.05) is 56.3 Å². The molecule has 0 radical (unpaired) electrons. The maximum Gasteiger partial charge on any atom is 0.254 e. The zero-order valence-corrected chi connectivity index (χ0v) is 22.4. The molecule has 1 aliphatic heterocycles. The summed E-state index contributed by atoms with van der Waals surface area (Å²) in [4.78, 5) is 27.5. The van der Waals surface area contributed by atoms with Crippen LogP contribution in [0.15, 0.2) is 89.3 Å². The third-order valence-electron chi connectivity index (χ3n) is 7.44. The number of hydrogen-bond donors (Lipinski definition) is 2. The number of Topliss-reactive ketones (excluding diaryl/α,β-unsaturated/α-hetero) is 1. The van der Waals surface area contributed by atoms with Crippen LogP contribution in [0.2, 0.25) is 0 Å². The Morgan fingerprint density at radius 1 is 0.923 bits per heavy atom. The van der Waals surface area contributed by atoms with Gasteiger partial charge in [0.25, 0.3) is 5.91 Å². The smallest absolute Gasteiger partial charge is 0.254 e. The second kappa shape index (κ2) is 10.8. The molecule has 0 unspecified atom stereocenters. The highest BCUT2D eigenvalue weighted by Crippen LogP contribution is 2.46. The van der Waals surface area contributed by atoms with Gasteiger partial charge in [-0.2, -0.15) is 0 Å². The Kier molecular flexibility index (Phi) is 7.24. The first-order valence-corrected chi connectivity index (χ1v) is 12.9. The number of halogens is 1. The van der Waals surface area contributed by atoms with Crippen LogP contribution in [-0.4, -0.2) is 25.9 Å². The van der Waals surface area contributed by atoms with Crippen molar-refractivity contribution in [2.75, 3.05) is 19.5 Å². The molecular weight excluding hydrogens is 495 g/mol. The lowest BCUT2D eigenvalue weighted by Gasteiger charge is -2.37. The molecule has 7 heteroatoms. The van der Waals surface area contributed by atoms with Gasteiger partial charge in [-0.3, -0.25) is 9.59 Å². The quantitative estimate of drug-likeness (QED) is 0.403. The standard InChI is InChI=1S/C32H31FN2O4/c1-18-8-11-24(12-9-18)35-32(37)29-19(2)34-25-15-22(20-10-13-27(38-3)28(17-20)39-4)16-26(36)31(25)30(29)21-6-5-7-23(33)14-21/h5-14,17,22,30,34H,15-16H2,1-4H3,(H,35,37)/t22-,30-/m1/s1. The van der Waals surface area contributed by atoms with E-state index in [4.69, 9.17) is 9.47 Å². The van der Waals surface area contributed by atoms with Gasteiger partial charge in [-0.1, -0.05) is 35.9 Å². The Morgan fingerprint density at radius 3 is 2.36 bits per heavy atom. The van der Waals surface area contributed by atoms with Crippen LogP contribution >= 0.6 is 0 Å². The Hall–Kier alpha value is -4.39. The van der Waals surface area contributed by atoms with Gasteiger partial charge in [0.15, 0.2) is 17.3 Å². The molecule has 1 heterocycles. The number of rotatable bonds is 6. The van der Waals surface area contributed by atoms with Crippen molar-refractivity contribution in [1.82, 2.24) is 5.32 Å². The summed E-state index contributed by atoms with van der Waals surface area (Å²) in [6.07, 6.45) is 0.820. The molecule has 2 N–H and O–H groups in total. The first-order chi connectivity index (χ1) is 18.8. The van der Waals surface area contributed by atoms with Crippen LogP contribution in [0.1, 0.15) is 48.3 Å². The summed E-state index contributed by atoms with van der Waals surface area (Å²) in [6.45, 7) is 3.80. The minimum absolute atomic E-state index is 0.0778. The molecule has 39 heavy (non-hydrogen) atoms. The second-order valence-electron chi connectivity index (χ2n) is 10.0. The average molecular weight is 527 g/mol. The topological polar surface area (TPSA) is 76.7 Å². The van der Waals surface area contributed by atoms with Crippen LogP contribution in [0.4, 0.5) is 10.1 Å². The summed E-state index contributed by atoms with van der Waals surface area (Å²) < 4.78 is 25.3. The second-order valence-corrected chi connectivity index (χ2v) is 10.0. The van der Waals surface area contributed by atoms with Gasteiger partial charge in [-0.15, -0.1) is 0 Å². The van der Waals surface area contributed by atoms with Crippen molar-refractivity contribution in [1.29, 1.82) is 0 Å². The molecule has 0 spiro atoms. The van der Waals surface area contributed by atoms with Gasteiger partial charge in [0.05, 0.1) is 14.2 Å². The number of allylic oxidation sites excluding steroid dienone is 3. The van der Waals surface area contributed by atoms with Crippen molar-refractivity contribution in [3.05, 3.63) is 112 Å². The van der Waals surface area contributed by atoms with Gasteiger partial charge >= 0.3 is 0 Å². The van der Waals surface area contributed by atoms with E-state index in [0.29, 0.717) is 46.0 Å². The number of benzene rings is 3. The molecule has 0 aromatic heterocycles. The highest BCUT2D eigenvalue weighted by Gasteiger charge is 2.41. The van der Waals surface area contributed by atoms with Crippen LogP contribution in [-0.2, 0) is 9.59 Å². The normalized spacial score (nSPS) is 18.8. The van der Waals surface area contributed by atoms with Crippen LogP contribution < -0.4 is 20.1 Å². The molecular formula is C32H31FN2O4. The maximum atomic E-state index is 14.4. The molecule has 1 aliphatic carbocycles. The number of ketones is 1. The summed E-state index contributed by atoms with van der Waals surface area (Å²) in [5.41, 5.74) is 5.54. The summed E-state index contributed by atoms with van der Waals surface area (Å²) in [5.74, 6) is -0.398. The van der Waals surface area contributed by atoms with Crippen LogP contribution in [0.25, 0.3) is 0 Å². The number of aryl methyl sites for hydroxylation is 1. The largest absolute Gasteiger partial charge is 0.493 e. The average Bonchev–Trinajstić information content (AvgIpc) is 2.92. The molecule has 1 amide bonds. The lowest BCUT2D eigenvalue weighted by Crippen LogP contribution is -2.37. The third kappa shape index (κ3) is 5.17. The number of carbonyl (C=O) groups excluding carboxylic acids is 2. The van der Waals surface area contributed by atoms with Crippen molar-refractivity contribution < 1.29 is 23.5 Å². The van der Waals surface area contributed by atoms with Gasteiger partial charge in [0.1, 0.15) is 5.82 Å². The highest BCUT2D eigenvalue weighted by molar-refractivity contribution is 6.10. The lowest BCUT2D eigenvalue weighted by atomic mass is 9.71. The zero-order valence-electron chi connectivity index (χ0n) is 22.4. The number of methoxy groups -OCH3 is 2. The van der Waals surface area contributed by atoms with Crippen molar-refractivity contribution in [2.24, 2.45) is 0 Å². The van der Waals surface area contributed by atoms with Crippen molar-refractivity contribution in [3.63, 3.8) is 0 Å². The number of ether oxygens (including phenoxy) is 2. The van der Waals surface area contributed by atoms with Gasteiger partial charge in [-0.05, 0) is 73.7 Å². The summed E-state index contributed by atoms with van der Waals surface area (Å²) in [6, 6.07) is 19.3. The number of dihydropyridines is 1. The third-order valence-corrected chi connectivity index (χ3v) is 7.44. The predicted octanol–water partition coefficient (Wildman–Crippen LogP) is 6.15. The minimum Gasteiger partial charge on any atom is -0.493 e. The Balaban J connectivity index is 1.54. The van der Waals surface area contributed by atoms with Crippen molar-refractivity contribution in [2.45, 2.75) is 38.5 Å². The predicted molar refractivity (Wildman–Crippen MR) is 148 cm³/mol. The fourth-order valence-corrected chi connectivity index (χ4v) is 5.54. The first-order valence-electron chi connectivity index (χ1n) is 12.9. The Labute approximate surface area is 227 Å². The molecule has 0 bridgehead atoms. The van der Waals surface area contributed by atoms with Gasteiger partial charge in [0, 0.05) is 40.6 Å². The van der Waals surface area contributed by atoms with Gasteiger partial charge in [-0.25, -0.2) is 4.39 Å². The number of nitrogens with one attached hydrogen (secondary N) is 2. The molecule has 0 saturated carbocycles. The van der Waals surface area contributed by atoms with E-state index < -0.39 is 11.7 Å². The summed E-state index contributed by atoms with van der Waals surface area (Å²) >= 11 is 0. The number of amides is 1. The zero-order chi connectivity index (χ0) is 27.7. The van der Waals surface area contributed by atoms with Crippen molar-refractivity contribution in [3.8, 4) is 11.5 Å². The maximum absolute atomic E-state index is 14.4. The number of hydrogen-bond acceptors (Lipinski definition) is 5. The summed E-state index contributed by atoms with van der Waals surface area (Å²) in [5, 5.41) is 6.33. The van der Waals surface area contributed by atoms with Crippen molar-refractivity contribution >= 4 is 17.4 Å². The minimum atomic E-state index is -0.693. The van der Waals surface area contributed by atoms with Crippen LogP contribution in [0.5, 0.6) is 11.5 Å². The van der Waals surface area contributed by atoms with E-state index >= 15 is 0 Å². The van der Waals surface area contributed by atoms with Gasteiger partial charge in [0.2, 0.25) is 0 Å². The van der Waals surface area contributed by atoms with E-state index in [2.05, 4.69) is 10.6 Å². The van der Waals surface area contributed by atoms with Crippen LogP contribution in [0.3, 0.4) is 0 Å². The fraction of sp³-hybridized carbons (Fsp3) is 0.250. The van der Waals surface area contributed by atoms with E-state index in [9.17, 15) is 14.0 Å². The molecule has 6 nitrogen and oxygen atoms in total. The molecule has 200 valence electrons. The molecule has 0 saturated heterocycles. The van der Waals surface area contributed by atoms with E-state index in [1.54, 1.807) is 26.4 Å². The van der Waals surface area contributed by atoms with E-state index in [-0.39, 0.29) is 24.0 Å². The highest BCUT2D eigenvalue weighted by atomic mass is 19.1. The Morgan fingerprint density at radius 2 is 1.67 bits per heavy atom. The van der Waals surface area contributed by atoms with Crippen LogP contribution in [0, 0.1) is 12.7 Å². The lowest BCUT2D eigenvalue weighted by molar-refractivity contribution is -0.116. The first kappa shape index (κ1) is 26.2. The SMILES string of the molecule is COc1ccc([C@H]2CC(=O)C3=C(C2)NC(C)=C(C(=O)Nc2ccc(C)cc2)[C@H]3c2cccc(F)c2)cc1OC. The molecule has 3 aromatic carbocycles. The van der Waals surface area contributed by atoms with E-state index in [0.717, 1.165) is 16.8 Å². The molecule has 3 aromatic rings. The Bertz CT molecular complexity index is 1510. The summed E-state index contributed by atoms with van der Waals surface area (Å²) in [7, 11) is 3.16. The molecule has 0 fully saturated rings. The molecule has 2 atom stereocenters. The number of anilines is 1.